The zero-order valence-corrected chi connectivity index (χ0v) is 24.2. The van der Waals surface area contributed by atoms with Gasteiger partial charge in [-0.3, -0.25) is 10.1 Å². The SMILES string of the molecule is CC(C)(C)CC1NC(C)(C(=O)OC(C)(C)C)[C@H](c2cccc(Cl)c2F)C1(CN)c1ccc(Cl)cc1Cl. The summed E-state index contributed by atoms with van der Waals surface area (Å²) in [5.74, 6) is -1.90. The highest BCUT2D eigenvalue weighted by Gasteiger charge is 2.65. The lowest BCUT2D eigenvalue weighted by Gasteiger charge is -2.43. The summed E-state index contributed by atoms with van der Waals surface area (Å²) in [4.78, 5) is 13.9. The van der Waals surface area contributed by atoms with Gasteiger partial charge in [0.1, 0.15) is 17.0 Å². The average molecular weight is 558 g/mol. The van der Waals surface area contributed by atoms with Crippen molar-refractivity contribution >= 4 is 40.8 Å². The van der Waals surface area contributed by atoms with Crippen LogP contribution in [0.5, 0.6) is 0 Å². The Morgan fingerprint density at radius 3 is 2.25 bits per heavy atom. The Balaban J connectivity index is 2.43. The van der Waals surface area contributed by atoms with Crippen LogP contribution >= 0.6 is 34.8 Å². The molecule has 1 heterocycles. The van der Waals surface area contributed by atoms with Crippen molar-refractivity contribution in [3.8, 4) is 0 Å². The van der Waals surface area contributed by atoms with Crippen molar-refractivity contribution in [1.82, 2.24) is 5.32 Å². The van der Waals surface area contributed by atoms with Crippen molar-refractivity contribution in [2.75, 3.05) is 6.54 Å². The van der Waals surface area contributed by atoms with Gasteiger partial charge in [-0.2, -0.15) is 0 Å². The summed E-state index contributed by atoms with van der Waals surface area (Å²) in [7, 11) is 0. The maximum absolute atomic E-state index is 15.8. The lowest BCUT2D eigenvalue weighted by atomic mass is 9.59. The highest BCUT2D eigenvalue weighted by Crippen LogP contribution is 2.57. The monoisotopic (exact) mass is 556 g/mol. The third kappa shape index (κ3) is 5.42. The normalized spacial score (nSPS) is 26.8. The van der Waals surface area contributed by atoms with Crippen molar-refractivity contribution in [1.29, 1.82) is 0 Å². The van der Waals surface area contributed by atoms with Crippen molar-refractivity contribution in [3.05, 3.63) is 68.4 Å². The molecule has 0 bridgehead atoms. The molecule has 2 aromatic rings. The Morgan fingerprint density at radius 1 is 1.08 bits per heavy atom. The minimum Gasteiger partial charge on any atom is -0.459 e. The van der Waals surface area contributed by atoms with E-state index in [1.165, 1.54) is 6.07 Å². The number of nitrogens with one attached hydrogen (secondary N) is 1. The number of carbonyl (C=O) groups is 1. The first-order chi connectivity index (χ1) is 16.5. The smallest absolute Gasteiger partial charge is 0.327 e. The molecule has 198 valence electrons. The number of benzene rings is 2. The van der Waals surface area contributed by atoms with Gasteiger partial charge >= 0.3 is 5.97 Å². The van der Waals surface area contributed by atoms with Gasteiger partial charge in [-0.05, 0) is 68.9 Å². The molecule has 0 aromatic heterocycles. The summed E-state index contributed by atoms with van der Waals surface area (Å²) in [5, 5.41) is 4.40. The van der Waals surface area contributed by atoms with Crippen molar-refractivity contribution in [2.24, 2.45) is 11.1 Å². The predicted octanol–water partition coefficient (Wildman–Crippen LogP) is 7.27. The number of esters is 1. The quantitative estimate of drug-likeness (QED) is 0.379. The van der Waals surface area contributed by atoms with E-state index < -0.39 is 34.3 Å². The molecule has 3 unspecified atom stereocenters. The summed E-state index contributed by atoms with van der Waals surface area (Å²) in [6.45, 7) is 13.6. The second-order valence-corrected chi connectivity index (χ2v) is 13.4. The molecule has 4 atom stereocenters. The van der Waals surface area contributed by atoms with E-state index in [-0.39, 0.29) is 28.6 Å². The number of nitrogens with two attached hydrogens (primary N) is 1. The van der Waals surface area contributed by atoms with Gasteiger partial charge in [0.15, 0.2) is 0 Å². The van der Waals surface area contributed by atoms with Crippen molar-refractivity contribution in [2.45, 2.75) is 83.4 Å². The highest BCUT2D eigenvalue weighted by molar-refractivity contribution is 6.35. The van der Waals surface area contributed by atoms with E-state index in [0.717, 1.165) is 0 Å². The van der Waals surface area contributed by atoms with Crippen LogP contribution in [0.25, 0.3) is 0 Å². The summed E-state index contributed by atoms with van der Waals surface area (Å²) < 4.78 is 21.7. The third-order valence-corrected chi connectivity index (χ3v) is 7.73. The first-order valence-electron chi connectivity index (χ1n) is 12.1. The maximum Gasteiger partial charge on any atom is 0.327 e. The van der Waals surface area contributed by atoms with E-state index in [1.54, 1.807) is 52.0 Å². The van der Waals surface area contributed by atoms with E-state index in [0.29, 0.717) is 22.0 Å². The number of halogens is 4. The van der Waals surface area contributed by atoms with Gasteiger partial charge in [0.25, 0.3) is 0 Å². The number of carbonyl (C=O) groups excluding carboxylic acids is 1. The molecule has 0 radical (unpaired) electrons. The molecule has 0 amide bonds. The Morgan fingerprint density at radius 2 is 1.72 bits per heavy atom. The molecule has 1 fully saturated rings. The number of hydrogen-bond acceptors (Lipinski definition) is 4. The largest absolute Gasteiger partial charge is 0.459 e. The molecule has 8 heteroatoms. The standard InChI is InChI=1S/C28H36Cl3FN2O2/c1-25(2,3)14-21-28(15-33,18-12-11-16(29)13-20(18)31)23(17-9-8-10-19(30)22(17)32)27(7,34-21)24(35)36-26(4,5)6/h8-13,21,23,34H,14-15,33H2,1-7H3/t21?,23-,27?,28?/m0/s1. The van der Waals surface area contributed by atoms with Crippen LogP contribution in [-0.4, -0.2) is 29.7 Å². The number of ether oxygens (including phenoxy) is 1. The zero-order valence-electron chi connectivity index (χ0n) is 21.9. The Hall–Kier alpha value is -1.37. The summed E-state index contributed by atoms with van der Waals surface area (Å²) in [6.07, 6.45) is 0.625. The van der Waals surface area contributed by atoms with E-state index in [9.17, 15) is 4.79 Å². The van der Waals surface area contributed by atoms with Crippen LogP contribution in [0.3, 0.4) is 0 Å². The molecule has 3 rings (SSSR count). The lowest BCUT2D eigenvalue weighted by Crippen LogP contribution is -2.53. The van der Waals surface area contributed by atoms with Gasteiger partial charge in [-0.15, -0.1) is 0 Å². The van der Waals surface area contributed by atoms with E-state index in [2.05, 4.69) is 26.1 Å². The second kappa shape index (κ2) is 10.1. The van der Waals surface area contributed by atoms with Crippen LogP contribution in [0, 0.1) is 11.2 Å². The number of hydrogen-bond donors (Lipinski definition) is 2. The van der Waals surface area contributed by atoms with E-state index in [4.69, 9.17) is 45.3 Å². The molecule has 1 aliphatic heterocycles. The van der Waals surface area contributed by atoms with Gasteiger partial charge < -0.3 is 10.5 Å². The van der Waals surface area contributed by atoms with Gasteiger partial charge in [-0.25, -0.2) is 4.39 Å². The lowest BCUT2D eigenvalue weighted by molar-refractivity contribution is -0.163. The summed E-state index contributed by atoms with van der Waals surface area (Å²) >= 11 is 19.3. The molecular formula is C28H36Cl3FN2O2. The maximum atomic E-state index is 15.8. The first-order valence-corrected chi connectivity index (χ1v) is 13.2. The van der Waals surface area contributed by atoms with Crippen LogP contribution in [-0.2, 0) is 14.9 Å². The predicted molar refractivity (Wildman–Crippen MR) is 147 cm³/mol. The van der Waals surface area contributed by atoms with Gasteiger partial charge in [0.05, 0.1) is 5.02 Å². The molecule has 0 saturated carbocycles. The summed E-state index contributed by atoms with van der Waals surface area (Å²) in [6, 6.07) is 9.68. The minimum atomic E-state index is -1.35. The fraction of sp³-hybridized carbons (Fsp3) is 0.536. The zero-order chi connectivity index (χ0) is 27.3. The Kier molecular flexibility index (Phi) is 8.17. The van der Waals surface area contributed by atoms with Crippen LogP contribution < -0.4 is 11.1 Å². The topological polar surface area (TPSA) is 64.3 Å². The van der Waals surface area contributed by atoms with Gasteiger partial charge in [0.2, 0.25) is 0 Å². The van der Waals surface area contributed by atoms with Crippen LogP contribution in [0.1, 0.15) is 71.9 Å². The van der Waals surface area contributed by atoms with E-state index >= 15 is 4.39 Å². The molecule has 0 spiro atoms. The van der Waals surface area contributed by atoms with E-state index in [1.807, 2.05) is 6.07 Å². The third-order valence-electron chi connectivity index (χ3n) is 6.89. The molecule has 3 N–H and O–H groups in total. The molecule has 0 aliphatic carbocycles. The number of rotatable bonds is 5. The fourth-order valence-electron chi connectivity index (χ4n) is 5.61. The Labute approximate surface area is 229 Å². The highest BCUT2D eigenvalue weighted by atomic mass is 35.5. The molecule has 4 nitrogen and oxygen atoms in total. The van der Waals surface area contributed by atoms with Crippen LogP contribution in [0.2, 0.25) is 15.1 Å². The van der Waals surface area contributed by atoms with Crippen LogP contribution in [0.4, 0.5) is 4.39 Å². The molecule has 1 aliphatic rings. The molecule has 36 heavy (non-hydrogen) atoms. The molecule has 2 aromatic carbocycles. The fourth-order valence-corrected chi connectivity index (χ4v) is 6.38. The van der Waals surface area contributed by atoms with Crippen molar-refractivity contribution < 1.29 is 13.9 Å². The molecule has 1 saturated heterocycles. The Bertz CT molecular complexity index is 1140. The van der Waals surface area contributed by atoms with Crippen LogP contribution in [0.15, 0.2) is 36.4 Å². The van der Waals surface area contributed by atoms with Gasteiger partial charge in [0, 0.05) is 34.0 Å². The van der Waals surface area contributed by atoms with Gasteiger partial charge in [-0.1, -0.05) is 73.8 Å². The minimum absolute atomic E-state index is 0.0357. The summed E-state index contributed by atoms with van der Waals surface area (Å²) in [5.41, 5.74) is 4.34. The average Bonchev–Trinajstić information content (AvgIpc) is 2.97. The van der Waals surface area contributed by atoms with Crippen molar-refractivity contribution in [3.63, 3.8) is 0 Å². The molecular weight excluding hydrogens is 522 g/mol. The second-order valence-electron chi connectivity index (χ2n) is 12.1. The first kappa shape index (κ1) is 29.2.